The Morgan fingerprint density at radius 3 is 2.75 bits per heavy atom. The third kappa shape index (κ3) is 2.17. The maximum atomic E-state index is 5.51. The van der Waals surface area contributed by atoms with Crippen LogP contribution in [0.25, 0.3) is 33.2 Å². The zero-order chi connectivity index (χ0) is 16.9. The Balaban J connectivity index is 1.95. The summed E-state index contributed by atoms with van der Waals surface area (Å²) in [4.78, 5) is 12.1. The lowest BCUT2D eigenvalue weighted by molar-refractivity contribution is 0.408. The van der Waals surface area contributed by atoms with Gasteiger partial charge in [-0.2, -0.15) is 0 Å². The molecule has 0 amide bonds. The minimum atomic E-state index is -0.0220. The molecule has 4 nitrogen and oxygen atoms in total. The highest BCUT2D eigenvalue weighted by Gasteiger charge is 2.17. The summed E-state index contributed by atoms with van der Waals surface area (Å²) < 4.78 is 2.20. The molecule has 0 spiro atoms. The second kappa shape index (κ2) is 4.97. The van der Waals surface area contributed by atoms with E-state index in [9.17, 15) is 0 Å². The molecule has 3 aromatic heterocycles. The maximum absolute atomic E-state index is 5.51. The molecule has 24 heavy (non-hydrogen) atoms. The second-order valence-corrected chi connectivity index (χ2v) is 6.96. The molecule has 4 heteroatoms. The Kier molecular flexibility index (Phi) is 3.01. The predicted molar refractivity (Wildman–Crippen MR) is 97.8 cm³/mol. The van der Waals surface area contributed by atoms with Gasteiger partial charge in [0.25, 0.3) is 0 Å². The predicted octanol–water partition coefficient (Wildman–Crippen LogP) is 4.32. The van der Waals surface area contributed by atoms with Crippen molar-refractivity contribution in [2.75, 3.05) is 0 Å². The van der Waals surface area contributed by atoms with Gasteiger partial charge in [-0.15, -0.1) is 6.42 Å². The lowest BCUT2D eigenvalue weighted by atomic mass is 10.0. The van der Waals surface area contributed by atoms with E-state index in [1.165, 1.54) is 0 Å². The maximum Gasteiger partial charge on any atom is 0.137 e. The SMILES string of the molecule is C#Cc1cnc2[nH]cc(-c3ccc4ncn(C(C)(C)C)c4c3)c2c1. The topological polar surface area (TPSA) is 46.5 Å². The first-order chi connectivity index (χ1) is 11.5. The minimum Gasteiger partial charge on any atom is -0.346 e. The fourth-order valence-electron chi connectivity index (χ4n) is 3.03. The van der Waals surface area contributed by atoms with Gasteiger partial charge in [-0.25, -0.2) is 9.97 Å². The van der Waals surface area contributed by atoms with Crippen LogP contribution in [0.4, 0.5) is 0 Å². The van der Waals surface area contributed by atoms with Crippen molar-refractivity contribution in [2.24, 2.45) is 0 Å². The number of terminal acetylenes is 1. The molecule has 0 aliphatic carbocycles. The fourth-order valence-corrected chi connectivity index (χ4v) is 3.03. The van der Waals surface area contributed by atoms with Crippen molar-refractivity contribution in [1.29, 1.82) is 0 Å². The largest absolute Gasteiger partial charge is 0.346 e. The van der Waals surface area contributed by atoms with Crippen LogP contribution in [0.5, 0.6) is 0 Å². The average molecular weight is 314 g/mol. The van der Waals surface area contributed by atoms with E-state index in [2.05, 4.69) is 64.4 Å². The number of rotatable bonds is 1. The molecule has 1 aromatic carbocycles. The van der Waals surface area contributed by atoms with Gasteiger partial charge in [0.2, 0.25) is 0 Å². The minimum absolute atomic E-state index is 0.0220. The summed E-state index contributed by atoms with van der Waals surface area (Å²) in [5.74, 6) is 2.65. The molecule has 0 fully saturated rings. The summed E-state index contributed by atoms with van der Waals surface area (Å²) in [6, 6.07) is 8.33. The van der Waals surface area contributed by atoms with Gasteiger partial charge in [0.1, 0.15) is 5.65 Å². The van der Waals surface area contributed by atoms with Crippen LogP contribution in [0.1, 0.15) is 26.3 Å². The molecule has 0 unspecified atom stereocenters. The van der Waals surface area contributed by atoms with Crippen LogP contribution >= 0.6 is 0 Å². The molecule has 0 atom stereocenters. The van der Waals surface area contributed by atoms with E-state index in [1.807, 2.05) is 18.6 Å². The summed E-state index contributed by atoms with van der Waals surface area (Å²) in [6.45, 7) is 6.53. The van der Waals surface area contributed by atoms with Crippen molar-refractivity contribution in [3.63, 3.8) is 0 Å². The fraction of sp³-hybridized carbons (Fsp3) is 0.200. The highest BCUT2D eigenvalue weighted by molar-refractivity contribution is 5.96. The third-order valence-corrected chi connectivity index (χ3v) is 4.28. The molecule has 1 N–H and O–H groups in total. The quantitative estimate of drug-likeness (QED) is 0.532. The first-order valence-corrected chi connectivity index (χ1v) is 7.89. The molecular formula is C20H18N4. The van der Waals surface area contributed by atoms with Gasteiger partial charge in [0.05, 0.1) is 17.4 Å². The molecule has 0 saturated carbocycles. The van der Waals surface area contributed by atoms with Crippen molar-refractivity contribution in [2.45, 2.75) is 26.3 Å². The van der Waals surface area contributed by atoms with E-state index in [1.54, 1.807) is 6.20 Å². The zero-order valence-corrected chi connectivity index (χ0v) is 14.0. The highest BCUT2D eigenvalue weighted by Crippen LogP contribution is 2.31. The lowest BCUT2D eigenvalue weighted by Crippen LogP contribution is -2.20. The smallest absolute Gasteiger partial charge is 0.137 e. The number of aromatic amines is 1. The zero-order valence-electron chi connectivity index (χ0n) is 14.0. The van der Waals surface area contributed by atoms with Crippen molar-refractivity contribution in [3.8, 4) is 23.5 Å². The molecule has 0 saturated heterocycles. The average Bonchev–Trinajstić information content (AvgIpc) is 3.16. The van der Waals surface area contributed by atoms with E-state index in [4.69, 9.17) is 6.42 Å². The third-order valence-electron chi connectivity index (χ3n) is 4.28. The van der Waals surface area contributed by atoms with E-state index < -0.39 is 0 Å². The van der Waals surface area contributed by atoms with Crippen molar-refractivity contribution in [1.82, 2.24) is 19.5 Å². The number of pyridine rings is 1. The summed E-state index contributed by atoms with van der Waals surface area (Å²) in [5.41, 5.74) is 5.93. The molecule has 4 rings (SSSR count). The number of hydrogen-bond donors (Lipinski definition) is 1. The van der Waals surface area contributed by atoms with Gasteiger partial charge in [-0.3, -0.25) is 0 Å². The Labute approximate surface area is 140 Å². The number of nitrogens with zero attached hydrogens (tertiary/aromatic N) is 3. The summed E-state index contributed by atoms with van der Waals surface area (Å²) >= 11 is 0. The molecule has 118 valence electrons. The molecule has 4 aromatic rings. The van der Waals surface area contributed by atoms with E-state index in [0.717, 1.165) is 38.8 Å². The normalized spacial score (nSPS) is 11.9. The van der Waals surface area contributed by atoms with Crippen LogP contribution in [0, 0.1) is 12.3 Å². The van der Waals surface area contributed by atoms with Gasteiger partial charge in [-0.1, -0.05) is 12.0 Å². The second-order valence-electron chi connectivity index (χ2n) is 6.96. The first-order valence-electron chi connectivity index (χ1n) is 7.89. The number of fused-ring (bicyclic) bond motifs is 2. The van der Waals surface area contributed by atoms with Crippen molar-refractivity contribution < 1.29 is 0 Å². The molecule has 3 heterocycles. The van der Waals surface area contributed by atoms with Crippen LogP contribution in [-0.4, -0.2) is 19.5 Å². The molecule has 0 aliphatic rings. The van der Waals surface area contributed by atoms with Crippen LogP contribution in [-0.2, 0) is 5.54 Å². The Bertz CT molecular complexity index is 1100. The van der Waals surface area contributed by atoms with E-state index in [-0.39, 0.29) is 5.54 Å². The molecule has 0 bridgehead atoms. The Morgan fingerprint density at radius 2 is 2.00 bits per heavy atom. The molecule has 0 aliphatic heterocycles. The van der Waals surface area contributed by atoms with E-state index in [0.29, 0.717) is 0 Å². The summed E-state index contributed by atoms with van der Waals surface area (Å²) in [6.07, 6.45) is 11.1. The van der Waals surface area contributed by atoms with Gasteiger partial charge in [-0.05, 0) is 44.5 Å². The number of imidazole rings is 1. The standard InChI is InChI=1S/C20H18N4/c1-5-13-8-15-16(11-22-19(15)21-10-13)14-6-7-17-18(9-14)24(12-23-17)20(2,3)4/h1,6-12H,2-4H3,(H,21,22). The van der Waals surface area contributed by atoms with Gasteiger partial charge >= 0.3 is 0 Å². The van der Waals surface area contributed by atoms with Gasteiger partial charge < -0.3 is 9.55 Å². The number of hydrogen-bond acceptors (Lipinski definition) is 2. The van der Waals surface area contributed by atoms with Crippen LogP contribution in [0.2, 0.25) is 0 Å². The van der Waals surface area contributed by atoms with Crippen LogP contribution in [0.15, 0.2) is 43.0 Å². The number of nitrogens with one attached hydrogen (secondary N) is 1. The van der Waals surface area contributed by atoms with Crippen molar-refractivity contribution in [3.05, 3.63) is 48.5 Å². The first kappa shape index (κ1) is 14.5. The number of benzene rings is 1. The summed E-state index contributed by atoms with van der Waals surface area (Å²) in [5, 5.41) is 1.03. The Hall–Kier alpha value is -3.06. The van der Waals surface area contributed by atoms with Gasteiger partial charge in [0.15, 0.2) is 0 Å². The van der Waals surface area contributed by atoms with Crippen LogP contribution < -0.4 is 0 Å². The van der Waals surface area contributed by atoms with Crippen LogP contribution in [0.3, 0.4) is 0 Å². The van der Waals surface area contributed by atoms with E-state index >= 15 is 0 Å². The summed E-state index contributed by atoms with van der Waals surface area (Å²) in [7, 11) is 0. The number of aromatic nitrogens is 4. The number of H-pyrrole nitrogens is 1. The monoisotopic (exact) mass is 314 g/mol. The van der Waals surface area contributed by atoms with Gasteiger partial charge in [0, 0.05) is 34.4 Å². The highest BCUT2D eigenvalue weighted by atomic mass is 15.1. The Morgan fingerprint density at radius 1 is 1.17 bits per heavy atom. The lowest BCUT2D eigenvalue weighted by Gasteiger charge is -2.21. The molecular weight excluding hydrogens is 296 g/mol. The molecule has 0 radical (unpaired) electrons. The van der Waals surface area contributed by atoms with Crippen molar-refractivity contribution >= 4 is 22.1 Å².